The van der Waals surface area contributed by atoms with E-state index in [0.29, 0.717) is 29.7 Å². The third-order valence-electron chi connectivity index (χ3n) is 10.2. The van der Waals surface area contributed by atoms with E-state index in [1.165, 1.54) is 64.2 Å². The van der Waals surface area contributed by atoms with Crippen molar-refractivity contribution in [1.82, 2.24) is 10.2 Å². The highest BCUT2D eigenvalue weighted by Gasteiger charge is 2.49. The van der Waals surface area contributed by atoms with Crippen molar-refractivity contribution in [3.8, 4) is 0 Å². The predicted octanol–water partition coefficient (Wildman–Crippen LogP) is 4.84. The van der Waals surface area contributed by atoms with Gasteiger partial charge in [0, 0.05) is 24.5 Å². The fourth-order valence-electron chi connectivity index (χ4n) is 8.46. The summed E-state index contributed by atoms with van der Waals surface area (Å²) >= 11 is 0. The molecule has 5 nitrogen and oxygen atoms in total. The predicted molar refractivity (Wildman–Crippen MR) is 129 cm³/mol. The summed E-state index contributed by atoms with van der Waals surface area (Å²) in [5, 5.41) is 11.5. The number of fused-ring (bicyclic) bond motifs is 2. The zero-order valence-electron chi connectivity index (χ0n) is 20.1. The van der Waals surface area contributed by atoms with Gasteiger partial charge in [-0.15, -0.1) is 0 Å². The van der Waals surface area contributed by atoms with Gasteiger partial charge in [-0.05, 0) is 75.0 Å². The van der Waals surface area contributed by atoms with Gasteiger partial charge >= 0.3 is 0 Å². The normalized spacial score (nSPS) is 40.9. The first kappa shape index (κ1) is 22.7. The molecule has 1 saturated heterocycles. The molecule has 0 aromatic rings. The Balaban J connectivity index is 1.33. The monoisotopic (exact) mass is 442 g/mol. The Hall–Kier alpha value is -1.10. The molecule has 0 bridgehead atoms. The van der Waals surface area contributed by atoms with Crippen molar-refractivity contribution < 1.29 is 4.79 Å². The molecule has 0 aromatic heterocycles. The molecule has 5 aliphatic rings. The number of carbonyl (C=O) groups is 1. The summed E-state index contributed by atoms with van der Waals surface area (Å²) in [6.07, 6.45) is 20.2. The van der Waals surface area contributed by atoms with Crippen molar-refractivity contribution in [3.05, 3.63) is 0 Å². The maximum atomic E-state index is 13.6. The lowest BCUT2D eigenvalue weighted by atomic mass is 9.65. The van der Waals surface area contributed by atoms with Gasteiger partial charge in [0.15, 0.2) is 0 Å². The summed E-state index contributed by atoms with van der Waals surface area (Å²) in [6.45, 7) is 1.11. The summed E-state index contributed by atoms with van der Waals surface area (Å²) in [7, 11) is 0. The Bertz CT molecular complexity index is 673. The van der Waals surface area contributed by atoms with Crippen molar-refractivity contribution in [2.24, 2.45) is 35.3 Å². The second-order valence-electron chi connectivity index (χ2n) is 12.0. The number of nitrogens with zero attached hydrogens (tertiary/aromatic N) is 1. The van der Waals surface area contributed by atoms with E-state index in [1.807, 2.05) is 0 Å². The molecule has 0 radical (unpaired) electrons. The first-order valence-corrected chi connectivity index (χ1v) is 14.0. The van der Waals surface area contributed by atoms with Crippen LogP contribution in [0.4, 0.5) is 0 Å². The molecule has 5 fully saturated rings. The minimum Gasteiger partial charge on any atom is -0.387 e. The molecule has 4 saturated carbocycles. The number of carbonyl (C=O) groups excluding carboxylic acids is 1. The zero-order valence-corrected chi connectivity index (χ0v) is 20.1. The van der Waals surface area contributed by atoms with Crippen molar-refractivity contribution in [2.75, 3.05) is 6.54 Å². The molecule has 1 heterocycles. The lowest BCUT2D eigenvalue weighted by Crippen LogP contribution is -2.52. The summed E-state index contributed by atoms with van der Waals surface area (Å²) in [5.74, 6) is 4.07. The zero-order chi connectivity index (χ0) is 22.1. The van der Waals surface area contributed by atoms with Gasteiger partial charge in [0.25, 0.3) is 0 Å². The van der Waals surface area contributed by atoms with Gasteiger partial charge in [-0.25, -0.2) is 0 Å². The van der Waals surface area contributed by atoms with Crippen LogP contribution in [0.1, 0.15) is 103 Å². The lowest BCUT2D eigenvalue weighted by Gasteiger charge is -2.45. The lowest BCUT2D eigenvalue weighted by molar-refractivity contribution is -0.127. The minimum atomic E-state index is 0.0431. The van der Waals surface area contributed by atoms with Crippen LogP contribution in [-0.4, -0.2) is 41.3 Å². The first-order valence-electron chi connectivity index (χ1n) is 14.0. The maximum absolute atomic E-state index is 13.6. The molecule has 4 aliphatic carbocycles. The standard InChI is InChI=1S/C27H46N4O/c28-26(29)20-14-13-19-15-25(27(32)30-22-10-2-1-3-11-22)31(24(19)16-20)17-21-9-6-8-18-7-4-5-12-23(18)21/h18-25H,1-17H2,(H3,28,29)(H,30,32). The molecule has 5 rings (SSSR count). The highest BCUT2D eigenvalue weighted by Crippen LogP contribution is 2.47. The number of nitrogens with two attached hydrogens (primary N) is 1. The van der Waals surface area contributed by atoms with E-state index in [0.717, 1.165) is 62.8 Å². The summed E-state index contributed by atoms with van der Waals surface area (Å²) in [5.41, 5.74) is 5.97. The first-order chi connectivity index (χ1) is 15.6. The molecule has 7 unspecified atom stereocenters. The van der Waals surface area contributed by atoms with E-state index in [1.54, 1.807) is 0 Å². The number of nitrogens with one attached hydrogen (secondary N) is 2. The fourth-order valence-corrected chi connectivity index (χ4v) is 8.46. The average molecular weight is 443 g/mol. The van der Waals surface area contributed by atoms with Crippen LogP contribution in [0, 0.1) is 35.0 Å². The van der Waals surface area contributed by atoms with Crippen molar-refractivity contribution in [1.29, 1.82) is 5.41 Å². The van der Waals surface area contributed by atoms with Crippen LogP contribution >= 0.6 is 0 Å². The Morgan fingerprint density at radius 3 is 2.41 bits per heavy atom. The molecular formula is C27H46N4O. The van der Waals surface area contributed by atoms with Crippen molar-refractivity contribution in [2.45, 2.75) is 121 Å². The summed E-state index contributed by atoms with van der Waals surface area (Å²) in [4.78, 5) is 16.2. The van der Waals surface area contributed by atoms with Gasteiger partial charge in [-0.2, -0.15) is 0 Å². The van der Waals surface area contributed by atoms with E-state index in [2.05, 4.69) is 10.2 Å². The molecule has 4 N–H and O–H groups in total. The average Bonchev–Trinajstić information content (AvgIpc) is 3.18. The maximum Gasteiger partial charge on any atom is 0.237 e. The van der Waals surface area contributed by atoms with Crippen LogP contribution in [0.25, 0.3) is 0 Å². The molecule has 0 aromatic carbocycles. The molecule has 5 heteroatoms. The topological polar surface area (TPSA) is 82.2 Å². The van der Waals surface area contributed by atoms with Crippen LogP contribution in [0.2, 0.25) is 0 Å². The Kier molecular flexibility index (Phi) is 7.11. The number of hydrogen-bond acceptors (Lipinski definition) is 3. The smallest absolute Gasteiger partial charge is 0.237 e. The minimum absolute atomic E-state index is 0.0431. The molecule has 32 heavy (non-hydrogen) atoms. The van der Waals surface area contributed by atoms with Gasteiger partial charge in [-0.3, -0.25) is 15.1 Å². The van der Waals surface area contributed by atoms with Gasteiger partial charge in [-0.1, -0.05) is 51.4 Å². The summed E-state index contributed by atoms with van der Waals surface area (Å²) < 4.78 is 0. The van der Waals surface area contributed by atoms with Crippen LogP contribution in [0.5, 0.6) is 0 Å². The second kappa shape index (κ2) is 10.0. The number of amidine groups is 1. The fraction of sp³-hybridized carbons (Fsp3) is 0.926. The van der Waals surface area contributed by atoms with E-state index < -0.39 is 0 Å². The quantitative estimate of drug-likeness (QED) is 0.421. The number of rotatable bonds is 5. The van der Waals surface area contributed by atoms with Gasteiger partial charge in [0.2, 0.25) is 5.91 Å². The highest BCUT2D eigenvalue weighted by atomic mass is 16.2. The van der Waals surface area contributed by atoms with Gasteiger partial charge in [0.05, 0.1) is 11.9 Å². The Morgan fingerprint density at radius 2 is 1.59 bits per heavy atom. The third kappa shape index (κ3) is 4.74. The largest absolute Gasteiger partial charge is 0.387 e. The van der Waals surface area contributed by atoms with Crippen LogP contribution < -0.4 is 11.1 Å². The van der Waals surface area contributed by atoms with Crippen LogP contribution in [0.3, 0.4) is 0 Å². The Morgan fingerprint density at radius 1 is 0.844 bits per heavy atom. The second-order valence-corrected chi connectivity index (χ2v) is 12.0. The molecule has 1 aliphatic heterocycles. The number of likely N-dealkylation sites (tertiary alicyclic amines) is 1. The van der Waals surface area contributed by atoms with Crippen molar-refractivity contribution in [3.63, 3.8) is 0 Å². The molecule has 7 atom stereocenters. The third-order valence-corrected chi connectivity index (χ3v) is 10.2. The summed E-state index contributed by atoms with van der Waals surface area (Å²) in [6, 6.07) is 0.883. The van der Waals surface area contributed by atoms with E-state index >= 15 is 0 Å². The number of hydrogen-bond donors (Lipinski definition) is 3. The van der Waals surface area contributed by atoms with Crippen LogP contribution in [-0.2, 0) is 4.79 Å². The van der Waals surface area contributed by atoms with Gasteiger partial charge in [0.1, 0.15) is 0 Å². The van der Waals surface area contributed by atoms with Crippen molar-refractivity contribution >= 4 is 11.7 Å². The molecular weight excluding hydrogens is 396 g/mol. The van der Waals surface area contributed by atoms with E-state index in [-0.39, 0.29) is 12.0 Å². The van der Waals surface area contributed by atoms with Crippen LogP contribution in [0.15, 0.2) is 0 Å². The molecule has 0 spiro atoms. The molecule has 180 valence electrons. The van der Waals surface area contributed by atoms with E-state index in [4.69, 9.17) is 11.1 Å². The SMILES string of the molecule is N=C(N)C1CCC2CC(C(=O)NC3CCCCC3)N(CC3CCCC4CCCCC43)C2C1. The molecule has 1 amide bonds. The Labute approximate surface area is 195 Å². The van der Waals surface area contributed by atoms with E-state index in [9.17, 15) is 4.79 Å². The van der Waals surface area contributed by atoms with Gasteiger partial charge < -0.3 is 11.1 Å². The number of amides is 1. The highest BCUT2D eigenvalue weighted by molar-refractivity contribution is 5.83.